The Balaban J connectivity index is 1.79. The molecule has 3 rings (SSSR count). The molecule has 4 nitrogen and oxygen atoms in total. The smallest absolute Gasteiger partial charge is 0.487 e. The number of hydrogen-bond acceptors (Lipinski definition) is 4. The fourth-order valence-corrected chi connectivity index (χ4v) is 2.61. The van der Waals surface area contributed by atoms with Crippen molar-refractivity contribution in [3.63, 3.8) is 0 Å². The van der Waals surface area contributed by atoms with Gasteiger partial charge in [-0.15, -0.1) is 0 Å². The van der Waals surface area contributed by atoms with Crippen LogP contribution in [-0.4, -0.2) is 23.3 Å². The first-order valence-corrected chi connectivity index (χ1v) is 8.27. The SMILES string of the molecule is Cc1c(OCc2ccccc2)cncc1B1OC(C)(C)C(C)(C)O1. The van der Waals surface area contributed by atoms with Crippen LogP contribution in [0.4, 0.5) is 0 Å². The van der Waals surface area contributed by atoms with E-state index in [4.69, 9.17) is 14.0 Å². The van der Waals surface area contributed by atoms with Gasteiger partial charge in [0.15, 0.2) is 0 Å². The normalized spacial score (nSPS) is 18.6. The van der Waals surface area contributed by atoms with E-state index in [1.807, 2.05) is 65.0 Å². The van der Waals surface area contributed by atoms with Crippen molar-refractivity contribution in [3.05, 3.63) is 53.9 Å². The number of pyridine rings is 1. The molecule has 2 heterocycles. The van der Waals surface area contributed by atoms with Crippen molar-refractivity contribution in [2.75, 3.05) is 0 Å². The molecule has 0 atom stereocenters. The molecule has 0 spiro atoms. The summed E-state index contributed by atoms with van der Waals surface area (Å²) in [5.74, 6) is 0.756. The molecule has 1 aliphatic heterocycles. The Bertz CT molecular complexity index is 700. The van der Waals surface area contributed by atoms with Crippen molar-refractivity contribution in [2.24, 2.45) is 0 Å². The molecular formula is C19H24BNO3. The van der Waals surface area contributed by atoms with Gasteiger partial charge in [0.1, 0.15) is 12.4 Å². The van der Waals surface area contributed by atoms with Crippen LogP contribution in [0, 0.1) is 6.92 Å². The summed E-state index contributed by atoms with van der Waals surface area (Å²) in [6, 6.07) is 10.1. The maximum absolute atomic E-state index is 6.13. The summed E-state index contributed by atoms with van der Waals surface area (Å²) in [6.07, 6.45) is 3.54. The Labute approximate surface area is 144 Å². The quantitative estimate of drug-likeness (QED) is 0.809. The van der Waals surface area contributed by atoms with Crippen LogP contribution in [0.15, 0.2) is 42.7 Å². The minimum Gasteiger partial charge on any atom is -0.487 e. The first kappa shape index (κ1) is 17.0. The highest BCUT2D eigenvalue weighted by molar-refractivity contribution is 6.62. The molecule has 0 amide bonds. The van der Waals surface area contributed by atoms with Crippen LogP contribution in [-0.2, 0) is 15.9 Å². The highest BCUT2D eigenvalue weighted by atomic mass is 16.7. The van der Waals surface area contributed by atoms with Gasteiger partial charge in [-0.25, -0.2) is 0 Å². The second-order valence-corrected chi connectivity index (χ2v) is 7.21. The lowest BCUT2D eigenvalue weighted by atomic mass is 9.77. The first-order valence-electron chi connectivity index (χ1n) is 8.27. The van der Waals surface area contributed by atoms with E-state index in [1.54, 1.807) is 12.4 Å². The highest BCUT2D eigenvalue weighted by Gasteiger charge is 2.52. The van der Waals surface area contributed by atoms with Gasteiger partial charge in [-0.05, 0) is 45.7 Å². The van der Waals surface area contributed by atoms with Crippen LogP contribution in [0.1, 0.15) is 38.8 Å². The fourth-order valence-electron chi connectivity index (χ4n) is 2.61. The molecule has 1 fully saturated rings. The van der Waals surface area contributed by atoms with Crippen molar-refractivity contribution < 1.29 is 14.0 Å². The third kappa shape index (κ3) is 3.19. The second kappa shape index (κ2) is 6.23. The molecule has 5 heteroatoms. The van der Waals surface area contributed by atoms with E-state index in [2.05, 4.69) is 4.98 Å². The molecule has 1 aromatic heterocycles. The topological polar surface area (TPSA) is 40.6 Å². The van der Waals surface area contributed by atoms with Gasteiger partial charge in [0.05, 0.1) is 17.4 Å². The first-order chi connectivity index (χ1) is 11.3. The molecule has 0 saturated carbocycles. The average Bonchev–Trinajstić information content (AvgIpc) is 2.75. The van der Waals surface area contributed by atoms with Gasteiger partial charge >= 0.3 is 7.12 Å². The molecule has 0 radical (unpaired) electrons. The van der Waals surface area contributed by atoms with Crippen LogP contribution in [0.25, 0.3) is 0 Å². The third-order valence-electron chi connectivity index (χ3n) is 4.95. The van der Waals surface area contributed by atoms with Crippen LogP contribution < -0.4 is 10.2 Å². The minimum atomic E-state index is -0.428. The van der Waals surface area contributed by atoms with Crippen LogP contribution in [0.5, 0.6) is 5.75 Å². The van der Waals surface area contributed by atoms with Gasteiger partial charge in [-0.3, -0.25) is 4.98 Å². The molecule has 0 aliphatic carbocycles. The lowest BCUT2D eigenvalue weighted by Gasteiger charge is -2.32. The Morgan fingerprint density at radius 1 is 1.00 bits per heavy atom. The summed E-state index contributed by atoms with van der Waals surface area (Å²) in [6.45, 7) is 10.7. The zero-order chi connectivity index (χ0) is 17.4. The molecule has 2 aromatic rings. The summed E-state index contributed by atoms with van der Waals surface area (Å²) < 4.78 is 18.2. The van der Waals surface area contributed by atoms with Gasteiger partial charge < -0.3 is 14.0 Å². The van der Waals surface area contributed by atoms with E-state index in [0.29, 0.717) is 6.61 Å². The summed E-state index contributed by atoms with van der Waals surface area (Å²) in [4.78, 5) is 4.31. The molecule has 24 heavy (non-hydrogen) atoms. The summed E-state index contributed by atoms with van der Waals surface area (Å²) in [5.41, 5.74) is 2.30. The van der Waals surface area contributed by atoms with Crippen molar-refractivity contribution in [3.8, 4) is 5.75 Å². The maximum Gasteiger partial charge on any atom is 0.496 e. The molecule has 0 N–H and O–H groups in total. The fraction of sp³-hybridized carbons (Fsp3) is 0.421. The number of hydrogen-bond donors (Lipinski definition) is 0. The van der Waals surface area contributed by atoms with Gasteiger partial charge in [0.25, 0.3) is 0 Å². The molecule has 1 aliphatic rings. The molecule has 1 saturated heterocycles. The monoisotopic (exact) mass is 325 g/mol. The predicted octanol–water partition coefficient (Wildman–Crippen LogP) is 3.27. The van der Waals surface area contributed by atoms with Gasteiger partial charge in [0, 0.05) is 11.7 Å². The maximum atomic E-state index is 6.13. The minimum absolute atomic E-state index is 0.370. The summed E-state index contributed by atoms with van der Waals surface area (Å²) >= 11 is 0. The van der Waals surface area contributed by atoms with Gasteiger partial charge in [-0.2, -0.15) is 0 Å². The predicted molar refractivity (Wildman–Crippen MR) is 95.5 cm³/mol. The van der Waals surface area contributed by atoms with E-state index in [9.17, 15) is 0 Å². The standard InChI is InChI=1S/C19H24BNO3/c1-14-16(20-23-18(2,3)19(4,5)24-20)11-21-12-17(14)22-13-15-9-7-6-8-10-15/h6-12H,13H2,1-5H3. The Hall–Kier alpha value is -1.85. The average molecular weight is 325 g/mol. The molecular weight excluding hydrogens is 301 g/mol. The van der Waals surface area contributed by atoms with E-state index < -0.39 is 7.12 Å². The van der Waals surface area contributed by atoms with E-state index >= 15 is 0 Å². The van der Waals surface area contributed by atoms with E-state index in [-0.39, 0.29) is 11.2 Å². The largest absolute Gasteiger partial charge is 0.496 e. The number of nitrogens with zero attached hydrogens (tertiary/aromatic N) is 1. The number of ether oxygens (including phenoxy) is 1. The zero-order valence-corrected chi connectivity index (χ0v) is 15.0. The van der Waals surface area contributed by atoms with Crippen molar-refractivity contribution in [1.82, 2.24) is 4.98 Å². The number of aromatic nitrogens is 1. The van der Waals surface area contributed by atoms with Gasteiger partial charge in [-0.1, -0.05) is 30.3 Å². The second-order valence-electron chi connectivity index (χ2n) is 7.21. The Morgan fingerprint density at radius 3 is 2.25 bits per heavy atom. The van der Waals surface area contributed by atoms with Crippen molar-refractivity contribution >= 4 is 12.6 Å². The molecule has 0 bridgehead atoms. The lowest BCUT2D eigenvalue weighted by molar-refractivity contribution is 0.00578. The van der Waals surface area contributed by atoms with Crippen LogP contribution >= 0.6 is 0 Å². The van der Waals surface area contributed by atoms with E-state index in [0.717, 1.165) is 22.3 Å². The summed E-state index contributed by atoms with van der Waals surface area (Å²) in [5, 5.41) is 0. The van der Waals surface area contributed by atoms with Gasteiger partial charge in [0.2, 0.25) is 0 Å². The molecule has 1 aromatic carbocycles. The Kier molecular flexibility index (Phi) is 4.41. The molecule has 126 valence electrons. The third-order valence-corrected chi connectivity index (χ3v) is 4.95. The molecule has 0 unspecified atom stereocenters. The van der Waals surface area contributed by atoms with Crippen LogP contribution in [0.3, 0.4) is 0 Å². The van der Waals surface area contributed by atoms with E-state index in [1.165, 1.54) is 0 Å². The Morgan fingerprint density at radius 2 is 1.62 bits per heavy atom. The lowest BCUT2D eigenvalue weighted by Crippen LogP contribution is -2.41. The summed E-state index contributed by atoms with van der Waals surface area (Å²) in [7, 11) is -0.428. The highest BCUT2D eigenvalue weighted by Crippen LogP contribution is 2.37. The van der Waals surface area contributed by atoms with Crippen LogP contribution in [0.2, 0.25) is 0 Å². The van der Waals surface area contributed by atoms with Crippen molar-refractivity contribution in [1.29, 1.82) is 0 Å². The zero-order valence-electron chi connectivity index (χ0n) is 15.0. The number of benzene rings is 1. The number of rotatable bonds is 4. The van der Waals surface area contributed by atoms with Crippen molar-refractivity contribution in [2.45, 2.75) is 52.4 Å².